The van der Waals surface area contributed by atoms with Gasteiger partial charge in [-0.25, -0.2) is 0 Å². The fraction of sp³-hybridized carbons (Fsp3) is 0.250. The van der Waals surface area contributed by atoms with Crippen molar-refractivity contribution in [2.24, 2.45) is 0 Å². The van der Waals surface area contributed by atoms with Crippen LogP contribution in [0.1, 0.15) is 29.9 Å². The quantitative estimate of drug-likeness (QED) is 0.948. The maximum atomic E-state index is 12.7. The van der Waals surface area contributed by atoms with Crippen LogP contribution in [0.2, 0.25) is 0 Å². The Morgan fingerprint density at radius 3 is 2.76 bits per heavy atom. The Morgan fingerprint density at radius 2 is 2.10 bits per heavy atom. The first-order valence-electron chi connectivity index (χ1n) is 6.75. The van der Waals surface area contributed by atoms with Crippen LogP contribution < -0.4 is 4.90 Å². The molecule has 1 aromatic carbocycles. The summed E-state index contributed by atoms with van der Waals surface area (Å²) in [6, 6.07) is 9.18. The van der Waals surface area contributed by atoms with Crippen LogP contribution in [0, 0.1) is 0 Å². The maximum Gasteiger partial charge on any atom is 0.312 e. The van der Waals surface area contributed by atoms with Gasteiger partial charge in [-0.05, 0) is 40.9 Å². The number of hydrogen-bond acceptors (Lipinski definition) is 3. The van der Waals surface area contributed by atoms with Crippen molar-refractivity contribution in [1.82, 2.24) is 0 Å². The molecule has 0 spiro atoms. The number of anilines is 1. The highest BCUT2D eigenvalue weighted by Crippen LogP contribution is 2.38. The number of nitrogens with zero attached hydrogens (tertiary/aromatic N) is 1. The van der Waals surface area contributed by atoms with Crippen LogP contribution in [0.3, 0.4) is 0 Å². The summed E-state index contributed by atoms with van der Waals surface area (Å²) in [7, 11) is 0. The van der Waals surface area contributed by atoms with E-state index < -0.39 is 11.9 Å². The van der Waals surface area contributed by atoms with E-state index in [0.29, 0.717) is 0 Å². The highest BCUT2D eigenvalue weighted by atomic mass is 32.1. The molecule has 2 atom stereocenters. The van der Waals surface area contributed by atoms with Gasteiger partial charge in [-0.2, -0.15) is 11.3 Å². The van der Waals surface area contributed by atoms with E-state index in [1.165, 1.54) is 0 Å². The molecule has 0 fully saturated rings. The topological polar surface area (TPSA) is 57.6 Å². The van der Waals surface area contributed by atoms with Crippen LogP contribution in [-0.2, 0) is 9.59 Å². The number of hydrogen-bond donors (Lipinski definition) is 1. The molecule has 21 heavy (non-hydrogen) atoms. The minimum absolute atomic E-state index is 0.0513. The molecule has 5 heteroatoms. The molecule has 2 unspecified atom stereocenters. The number of carbonyl (C=O) groups excluding carboxylic acids is 1. The van der Waals surface area contributed by atoms with E-state index in [9.17, 15) is 14.7 Å². The lowest BCUT2D eigenvalue weighted by Crippen LogP contribution is -2.34. The van der Waals surface area contributed by atoms with Crippen LogP contribution in [-0.4, -0.2) is 23.5 Å². The van der Waals surface area contributed by atoms with Gasteiger partial charge < -0.3 is 10.0 Å². The van der Waals surface area contributed by atoms with E-state index in [2.05, 4.69) is 0 Å². The predicted octanol–water partition coefficient (Wildman–Crippen LogP) is 3.07. The van der Waals surface area contributed by atoms with Gasteiger partial charge in [0.1, 0.15) is 5.92 Å². The smallest absolute Gasteiger partial charge is 0.312 e. The van der Waals surface area contributed by atoms with Gasteiger partial charge in [0.05, 0.1) is 5.92 Å². The standard InChI is InChI=1S/C16H15NO3S/c1-10(11-6-7-21-9-11)15(18)17-8-13(16(19)20)12-4-2-3-5-14(12)17/h2-7,9-10,13H,8H2,1H3,(H,19,20). The zero-order valence-electron chi connectivity index (χ0n) is 11.5. The third-order valence-electron chi connectivity index (χ3n) is 3.95. The molecule has 0 saturated carbocycles. The Morgan fingerprint density at radius 1 is 1.33 bits per heavy atom. The van der Waals surface area contributed by atoms with E-state index in [1.54, 1.807) is 22.3 Å². The molecule has 1 aliphatic rings. The Bertz CT molecular complexity index is 681. The van der Waals surface area contributed by atoms with Gasteiger partial charge in [0.25, 0.3) is 0 Å². The average Bonchev–Trinajstić information content (AvgIpc) is 3.13. The van der Waals surface area contributed by atoms with Crippen LogP contribution in [0.4, 0.5) is 5.69 Å². The average molecular weight is 301 g/mol. The van der Waals surface area contributed by atoms with Crippen molar-refractivity contribution in [3.63, 3.8) is 0 Å². The lowest BCUT2D eigenvalue weighted by atomic mass is 10.0. The molecule has 3 rings (SSSR count). The number of rotatable bonds is 3. The number of aliphatic carboxylic acids is 1. The van der Waals surface area contributed by atoms with Crippen LogP contribution in [0.15, 0.2) is 41.1 Å². The molecule has 108 valence electrons. The van der Waals surface area contributed by atoms with Gasteiger partial charge in [0.15, 0.2) is 0 Å². The molecular formula is C16H15NO3S. The van der Waals surface area contributed by atoms with E-state index in [1.807, 2.05) is 41.9 Å². The maximum absolute atomic E-state index is 12.7. The van der Waals surface area contributed by atoms with Gasteiger partial charge in [0, 0.05) is 12.2 Å². The second kappa shape index (κ2) is 5.33. The Kier molecular flexibility index (Phi) is 3.51. The molecule has 4 nitrogen and oxygen atoms in total. The van der Waals surface area contributed by atoms with Gasteiger partial charge in [0.2, 0.25) is 5.91 Å². The molecule has 0 aliphatic carbocycles. The van der Waals surface area contributed by atoms with Crippen molar-refractivity contribution >= 4 is 28.9 Å². The van der Waals surface area contributed by atoms with Crippen molar-refractivity contribution in [3.05, 3.63) is 52.2 Å². The summed E-state index contributed by atoms with van der Waals surface area (Å²) in [6.07, 6.45) is 0. The Balaban J connectivity index is 1.93. The number of fused-ring (bicyclic) bond motifs is 1. The number of para-hydroxylation sites is 1. The van der Waals surface area contributed by atoms with Gasteiger partial charge in [-0.1, -0.05) is 18.2 Å². The summed E-state index contributed by atoms with van der Waals surface area (Å²) in [4.78, 5) is 25.7. The normalized spacial score (nSPS) is 18.3. The minimum atomic E-state index is -0.888. The highest BCUT2D eigenvalue weighted by molar-refractivity contribution is 7.08. The van der Waals surface area contributed by atoms with Crippen LogP contribution >= 0.6 is 11.3 Å². The first-order valence-corrected chi connectivity index (χ1v) is 7.69. The van der Waals surface area contributed by atoms with Crippen LogP contribution in [0.5, 0.6) is 0 Å². The first-order chi connectivity index (χ1) is 10.1. The third-order valence-corrected chi connectivity index (χ3v) is 4.65. The number of amides is 1. The molecule has 1 aromatic heterocycles. The molecule has 1 amide bonds. The van der Waals surface area contributed by atoms with E-state index in [4.69, 9.17) is 0 Å². The van der Waals surface area contributed by atoms with E-state index in [0.717, 1.165) is 16.8 Å². The molecule has 0 saturated heterocycles. The third kappa shape index (κ3) is 2.34. The first kappa shape index (κ1) is 13.8. The van der Waals surface area contributed by atoms with Crippen molar-refractivity contribution in [2.45, 2.75) is 18.8 Å². The number of benzene rings is 1. The SMILES string of the molecule is CC(C(=O)N1CC(C(=O)O)c2ccccc21)c1ccsc1. The van der Waals surface area contributed by atoms with Gasteiger partial charge >= 0.3 is 5.97 Å². The lowest BCUT2D eigenvalue weighted by molar-refractivity contribution is -0.138. The summed E-state index contributed by atoms with van der Waals surface area (Å²) in [6.45, 7) is 2.07. The highest BCUT2D eigenvalue weighted by Gasteiger charge is 2.37. The molecular weight excluding hydrogens is 286 g/mol. The molecule has 0 bridgehead atoms. The summed E-state index contributed by atoms with van der Waals surface area (Å²) < 4.78 is 0. The fourth-order valence-corrected chi connectivity index (χ4v) is 3.48. The van der Waals surface area contributed by atoms with Crippen molar-refractivity contribution in [3.8, 4) is 0 Å². The van der Waals surface area contributed by atoms with Crippen molar-refractivity contribution < 1.29 is 14.7 Å². The lowest BCUT2D eigenvalue weighted by Gasteiger charge is -2.21. The van der Waals surface area contributed by atoms with E-state index in [-0.39, 0.29) is 18.4 Å². The van der Waals surface area contributed by atoms with Crippen molar-refractivity contribution in [2.75, 3.05) is 11.4 Å². The summed E-state index contributed by atoms with van der Waals surface area (Å²) in [5.74, 6) is -1.85. The Labute approximate surface area is 126 Å². The largest absolute Gasteiger partial charge is 0.481 e. The molecule has 0 radical (unpaired) electrons. The zero-order valence-corrected chi connectivity index (χ0v) is 12.3. The summed E-state index contributed by atoms with van der Waals surface area (Å²) >= 11 is 1.55. The number of thiophene rings is 1. The molecule has 1 aliphatic heterocycles. The molecule has 2 heterocycles. The Hall–Kier alpha value is -2.14. The zero-order chi connectivity index (χ0) is 15.0. The van der Waals surface area contributed by atoms with Crippen molar-refractivity contribution in [1.29, 1.82) is 0 Å². The van der Waals surface area contributed by atoms with Crippen LogP contribution in [0.25, 0.3) is 0 Å². The van der Waals surface area contributed by atoms with Gasteiger partial charge in [-0.3, -0.25) is 9.59 Å². The van der Waals surface area contributed by atoms with Gasteiger partial charge in [-0.15, -0.1) is 0 Å². The number of carboxylic acid groups (broad SMARTS) is 1. The second-order valence-corrected chi connectivity index (χ2v) is 5.96. The van der Waals surface area contributed by atoms with E-state index >= 15 is 0 Å². The summed E-state index contributed by atoms with van der Waals surface area (Å²) in [5, 5.41) is 13.2. The predicted molar refractivity (Wildman–Crippen MR) is 81.9 cm³/mol. The minimum Gasteiger partial charge on any atom is -0.481 e. The number of carboxylic acids is 1. The molecule has 1 N–H and O–H groups in total. The number of carbonyl (C=O) groups is 2. The fourth-order valence-electron chi connectivity index (χ4n) is 2.72. The second-order valence-electron chi connectivity index (χ2n) is 5.18. The molecule has 2 aromatic rings. The monoisotopic (exact) mass is 301 g/mol. The summed E-state index contributed by atoms with van der Waals surface area (Å²) in [5.41, 5.74) is 2.41.